The predicted molar refractivity (Wildman–Crippen MR) is 67.6 cm³/mol. The molecular weight excluding hydrogens is 212 g/mol. The van der Waals surface area contributed by atoms with E-state index < -0.39 is 0 Å². The third-order valence-corrected chi connectivity index (χ3v) is 5.03. The summed E-state index contributed by atoms with van der Waals surface area (Å²) in [5.41, 5.74) is 0. The van der Waals surface area contributed by atoms with E-state index in [0.29, 0.717) is 11.9 Å². The molecular formula is C14H24N2O. The Morgan fingerprint density at radius 3 is 2.76 bits per heavy atom. The summed E-state index contributed by atoms with van der Waals surface area (Å²) in [6, 6.07) is 0.634. The van der Waals surface area contributed by atoms with Crippen LogP contribution in [0.4, 0.5) is 0 Å². The van der Waals surface area contributed by atoms with Gasteiger partial charge < -0.3 is 10.2 Å². The number of carbonyl (C=O) groups excluding carboxylic acids is 1. The zero-order chi connectivity index (χ0) is 11.8. The summed E-state index contributed by atoms with van der Waals surface area (Å²) in [4.78, 5) is 14.7. The lowest BCUT2D eigenvalue weighted by molar-refractivity contribution is -0.135. The van der Waals surface area contributed by atoms with Gasteiger partial charge in [0.1, 0.15) is 0 Å². The first-order valence-electron chi connectivity index (χ1n) is 7.27. The molecule has 4 unspecified atom stereocenters. The van der Waals surface area contributed by atoms with Crippen LogP contribution < -0.4 is 5.32 Å². The summed E-state index contributed by atoms with van der Waals surface area (Å²) in [7, 11) is 1.92. The van der Waals surface area contributed by atoms with Crippen LogP contribution in [-0.4, -0.2) is 36.5 Å². The van der Waals surface area contributed by atoms with Crippen LogP contribution in [0.1, 0.15) is 44.9 Å². The molecule has 17 heavy (non-hydrogen) atoms. The van der Waals surface area contributed by atoms with Crippen LogP contribution in [0.5, 0.6) is 0 Å². The average molecular weight is 236 g/mol. The molecule has 2 aliphatic carbocycles. The maximum atomic E-state index is 12.5. The number of likely N-dealkylation sites (N-methyl/N-ethyl adjacent to an activating group) is 1. The third kappa shape index (κ3) is 2.22. The monoisotopic (exact) mass is 236 g/mol. The molecule has 0 aromatic heterocycles. The van der Waals surface area contributed by atoms with Crippen LogP contribution in [0.15, 0.2) is 0 Å². The summed E-state index contributed by atoms with van der Waals surface area (Å²) in [6.07, 6.45) is 8.74. The van der Waals surface area contributed by atoms with Gasteiger partial charge in [-0.15, -0.1) is 0 Å². The van der Waals surface area contributed by atoms with Gasteiger partial charge in [0.2, 0.25) is 5.91 Å². The average Bonchev–Trinajstić information content (AvgIpc) is 3.11. The van der Waals surface area contributed by atoms with E-state index in [4.69, 9.17) is 0 Å². The summed E-state index contributed by atoms with van der Waals surface area (Å²) in [6.45, 7) is 0.999. The molecule has 3 fully saturated rings. The van der Waals surface area contributed by atoms with E-state index in [0.717, 1.165) is 24.8 Å². The van der Waals surface area contributed by atoms with Crippen LogP contribution in [0.25, 0.3) is 0 Å². The quantitative estimate of drug-likeness (QED) is 0.792. The molecule has 1 N–H and O–H groups in total. The number of fused-ring (bicyclic) bond motifs is 1. The number of rotatable bonds is 2. The summed E-state index contributed by atoms with van der Waals surface area (Å²) < 4.78 is 0. The van der Waals surface area contributed by atoms with Gasteiger partial charge in [0, 0.05) is 12.6 Å². The highest BCUT2D eigenvalue weighted by Crippen LogP contribution is 2.50. The molecule has 1 saturated heterocycles. The Morgan fingerprint density at radius 2 is 2.00 bits per heavy atom. The van der Waals surface area contributed by atoms with Gasteiger partial charge in [0.25, 0.3) is 0 Å². The Hall–Kier alpha value is -0.570. The largest absolute Gasteiger partial charge is 0.338 e. The molecule has 4 atom stereocenters. The highest BCUT2D eigenvalue weighted by Gasteiger charge is 2.44. The molecule has 3 aliphatic rings. The molecule has 1 aliphatic heterocycles. The van der Waals surface area contributed by atoms with Crippen molar-refractivity contribution in [3.05, 3.63) is 0 Å². The normalized spacial score (nSPS) is 41.9. The second kappa shape index (κ2) is 4.60. The number of nitrogens with zero attached hydrogens (tertiary/aromatic N) is 1. The van der Waals surface area contributed by atoms with Crippen molar-refractivity contribution in [1.29, 1.82) is 0 Å². The minimum absolute atomic E-state index is 0.0782. The van der Waals surface area contributed by atoms with E-state index in [-0.39, 0.29) is 6.04 Å². The van der Waals surface area contributed by atoms with Gasteiger partial charge in [0.15, 0.2) is 0 Å². The second-order valence-corrected chi connectivity index (χ2v) is 6.09. The molecule has 0 aromatic rings. The molecule has 3 heteroatoms. The number of hydrogen-bond acceptors (Lipinski definition) is 2. The van der Waals surface area contributed by atoms with Crippen LogP contribution >= 0.6 is 0 Å². The first-order valence-corrected chi connectivity index (χ1v) is 7.27. The lowest BCUT2D eigenvalue weighted by atomic mass is 9.94. The zero-order valence-corrected chi connectivity index (χ0v) is 10.8. The zero-order valence-electron chi connectivity index (χ0n) is 10.8. The maximum absolute atomic E-state index is 12.5. The third-order valence-electron chi connectivity index (χ3n) is 5.03. The van der Waals surface area contributed by atoms with E-state index in [1.165, 1.54) is 38.5 Å². The van der Waals surface area contributed by atoms with E-state index in [9.17, 15) is 4.79 Å². The topological polar surface area (TPSA) is 32.3 Å². The van der Waals surface area contributed by atoms with Gasteiger partial charge in [-0.25, -0.2) is 0 Å². The molecule has 2 saturated carbocycles. The molecule has 3 rings (SSSR count). The molecule has 3 nitrogen and oxygen atoms in total. The van der Waals surface area contributed by atoms with Crippen molar-refractivity contribution in [3.8, 4) is 0 Å². The summed E-state index contributed by atoms with van der Waals surface area (Å²) >= 11 is 0. The van der Waals surface area contributed by atoms with E-state index >= 15 is 0 Å². The van der Waals surface area contributed by atoms with Gasteiger partial charge in [-0.3, -0.25) is 4.79 Å². The first-order chi connectivity index (χ1) is 8.29. The fraction of sp³-hybridized carbons (Fsp3) is 0.929. The molecule has 0 bridgehead atoms. The highest BCUT2D eigenvalue weighted by molar-refractivity contribution is 5.82. The molecule has 1 heterocycles. The van der Waals surface area contributed by atoms with Gasteiger partial charge in [-0.05, 0) is 63.8 Å². The minimum Gasteiger partial charge on any atom is -0.338 e. The van der Waals surface area contributed by atoms with Gasteiger partial charge in [-0.1, -0.05) is 0 Å². The van der Waals surface area contributed by atoms with Crippen molar-refractivity contribution in [1.82, 2.24) is 10.2 Å². The number of nitrogens with one attached hydrogen (secondary N) is 1. The minimum atomic E-state index is 0.0782. The number of carbonyl (C=O) groups is 1. The number of likely N-dealkylation sites (tertiary alicyclic amines) is 1. The van der Waals surface area contributed by atoms with Crippen LogP contribution in [0, 0.1) is 11.8 Å². The van der Waals surface area contributed by atoms with Gasteiger partial charge in [0.05, 0.1) is 6.04 Å². The SMILES string of the molecule is CNC1CCCCN(C2CCC3CC3C2)C1=O. The Labute approximate surface area is 104 Å². The Kier molecular flexibility index (Phi) is 3.12. The van der Waals surface area contributed by atoms with Crippen molar-refractivity contribution >= 4 is 5.91 Å². The van der Waals surface area contributed by atoms with E-state index in [2.05, 4.69) is 10.2 Å². The van der Waals surface area contributed by atoms with Crippen LogP contribution in [0.3, 0.4) is 0 Å². The molecule has 0 spiro atoms. The molecule has 0 aromatic carbocycles. The van der Waals surface area contributed by atoms with Crippen molar-refractivity contribution in [2.75, 3.05) is 13.6 Å². The van der Waals surface area contributed by atoms with Gasteiger partial charge >= 0.3 is 0 Å². The maximum Gasteiger partial charge on any atom is 0.239 e. The highest BCUT2D eigenvalue weighted by atomic mass is 16.2. The molecule has 0 radical (unpaired) electrons. The van der Waals surface area contributed by atoms with Crippen molar-refractivity contribution in [2.45, 2.75) is 57.0 Å². The Morgan fingerprint density at radius 1 is 1.12 bits per heavy atom. The Balaban J connectivity index is 1.68. The van der Waals surface area contributed by atoms with Crippen molar-refractivity contribution < 1.29 is 4.79 Å². The van der Waals surface area contributed by atoms with E-state index in [1.54, 1.807) is 0 Å². The van der Waals surface area contributed by atoms with Crippen molar-refractivity contribution in [3.63, 3.8) is 0 Å². The smallest absolute Gasteiger partial charge is 0.239 e. The van der Waals surface area contributed by atoms with Gasteiger partial charge in [-0.2, -0.15) is 0 Å². The van der Waals surface area contributed by atoms with Crippen LogP contribution in [-0.2, 0) is 4.79 Å². The number of hydrogen-bond donors (Lipinski definition) is 1. The molecule has 96 valence electrons. The summed E-state index contributed by atoms with van der Waals surface area (Å²) in [5, 5.41) is 3.19. The molecule has 1 amide bonds. The lowest BCUT2D eigenvalue weighted by Gasteiger charge is -2.35. The lowest BCUT2D eigenvalue weighted by Crippen LogP contribution is -2.49. The summed E-state index contributed by atoms with van der Waals surface area (Å²) in [5.74, 6) is 2.35. The second-order valence-electron chi connectivity index (χ2n) is 6.09. The van der Waals surface area contributed by atoms with Crippen LogP contribution in [0.2, 0.25) is 0 Å². The standard InChI is InChI=1S/C14H24N2O/c1-15-13-4-2-3-7-16(14(13)17)12-6-5-10-8-11(10)9-12/h10-13,15H,2-9H2,1H3. The van der Waals surface area contributed by atoms with E-state index in [1.807, 2.05) is 7.05 Å². The fourth-order valence-corrected chi connectivity index (χ4v) is 3.80. The number of amides is 1. The Bertz CT molecular complexity index is 305. The van der Waals surface area contributed by atoms with Crippen molar-refractivity contribution in [2.24, 2.45) is 11.8 Å². The first kappa shape index (κ1) is 11.5. The predicted octanol–water partition coefficient (Wildman–Crippen LogP) is 1.78. The fourth-order valence-electron chi connectivity index (χ4n) is 3.80.